The minimum absolute atomic E-state index is 0.514. The van der Waals surface area contributed by atoms with Gasteiger partial charge in [0.05, 0.1) is 0 Å². The summed E-state index contributed by atoms with van der Waals surface area (Å²) in [6.45, 7) is 7.26. The fourth-order valence-electron chi connectivity index (χ4n) is 2.44. The number of benzene rings is 2. The SMILES string of the molecule is CC(C)NCc1ccccc1CN(C)Cc1ccccc1. The van der Waals surface area contributed by atoms with Gasteiger partial charge < -0.3 is 5.32 Å². The third kappa shape index (κ3) is 5.33. The van der Waals surface area contributed by atoms with Gasteiger partial charge in [0, 0.05) is 25.7 Å². The van der Waals surface area contributed by atoms with Gasteiger partial charge in [-0.25, -0.2) is 0 Å². The van der Waals surface area contributed by atoms with E-state index in [0.717, 1.165) is 19.6 Å². The van der Waals surface area contributed by atoms with Crippen LogP contribution in [0.1, 0.15) is 30.5 Å². The summed E-state index contributed by atoms with van der Waals surface area (Å²) < 4.78 is 0. The summed E-state index contributed by atoms with van der Waals surface area (Å²) in [6.07, 6.45) is 0. The second kappa shape index (κ2) is 7.96. The third-order valence-electron chi connectivity index (χ3n) is 3.55. The molecule has 0 amide bonds. The highest BCUT2D eigenvalue weighted by Gasteiger charge is 2.06. The molecule has 0 saturated heterocycles. The molecule has 0 aliphatic rings. The molecule has 0 radical (unpaired) electrons. The molecule has 0 heterocycles. The Hall–Kier alpha value is -1.64. The van der Waals surface area contributed by atoms with Gasteiger partial charge in [0.25, 0.3) is 0 Å². The van der Waals surface area contributed by atoms with Crippen LogP contribution < -0.4 is 5.32 Å². The molecule has 2 nitrogen and oxygen atoms in total. The first kappa shape index (κ1) is 15.7. The zero-order chi connectivity index (χ0) is 15.1. The van der Waals surface area contributed by atoms with Crippen molar-refractivity contribution in [1.29, 1.82) is 0 Å². The minimum atomic E-state index is 0.514. The summed E-state index contributed by atoms with van der Waals surface area (Å²) >= 11 is 0. The van der Waals surface area contributed by atoms with Crippen molar-refractivity contribution < 1.29 is 0 Å². The van der Waals surface area contributed by atoms with Crippen LogP contribution in [0, 0.1) is 0 Å². The molecule has 0 aliphatic heterocycles. The molecule has 1 N–H and O–H groups in total. The average molecular weight is 282 g/mol. The van der Waals surface area contributed by atoms with Crippen molar-refractivity contribution >= 4 is 0 Å². The molecule has 2 rings (SSSR count). The van der Waals surface area contributed by atoms with E-state index in [-0.39, 0.29) is 0 Å². The van der Waals surface area contributed by atoms with E-state index >= 15 is 0 Å². The number of nitrogens with zero attached hydrogens (tertiary/aromatic N) is 1. The summed E-state index contributed by atoms with van der Waals surface area (Å²) in [5.74, 6) is 0. The molecule has 0 spiro atoms. The molecule has 21 heavy (non-hydrogen) atoms. The van der Waals surface area contributed by atoms with Crippen LogP contribution >= 0.6 is 0 Å². The van der Waals surface area contributed by atoms with E-state index in [4.69, 9.17) is 0 Å². The Kier molecular flexibility index (Phi) is 5.97. The Balaban J connectivity index is 1.98. The lowest BCUT2D eigenvalue weighted by atomic mass is 10.1. The third-order valence-corrected chi connectivity index (χ3v) is 3.55. The molecule has 2 heteroatoms. The van der Waals surface area contributed by atoms with E-state index in [1.165, 1.54) is 16.7 Å². The lowest BCUT2D eigenvalue weighted by Crippen LogP contribution is -2.24. The van der Waals surface area contributed by atoms with Gasteiger partial charge in [0.15, 0.2) is 0 Å². The maximum absolute atomic E-state index is 3.51. The first-order valence-electron chi connectivity index (χ1n) is 7.68. The standard InChI is InChI=1S/C19H26N2/c1-16(2)20-13-18-11-7-8-12-19(18)15-21(3)14-17-9-5-4-6-10-17/h4-12,16,20H,13-15H2,1-3H3. The van der Waals surface area contributed by atoms with Gasteiger partial charge in [-0.1, -0.05) is 68.4 Å². The predicted molar refractivity (Wildman–Crippen MR) is 90.0 cm³/mol. The van der Waals surface area contributed by atoms with E-state index < -0.39 is 0 Å². The second-order valence-corrected chi connectivity index (χ2v) is 5.96. The molecule has 2 aromatic carbocycles. The van der Waals surface area contributed by atoms with Crippen molar-refractivity contribution in [3.63, 3.8) is 0 Å². The fraction of sp³-hybridized carbons (Fsp3) is 0.368. The Labute approximate surface area is 128 Å². The van der Waals surface area contributed by atoms with Gasteiger partial charge in [0.2, 0.25) is 0 Å². The highest BCUT2D eigenvalue weighted by Crippen LogP contribution is 2.13. The number of rotatable bonds is 7. The van der Waals surface area contributed by atoms with Crippen LogP contribution in [0.15, 0.2) is 54.6 Å². The molecule has 0 aromatic heterocycles. The van der Waals surface area contributed by atoms with Gasteiger partial charge in [-0.05, 0) is 23.7 Å². The molecular formula is C19H26N2. The normalized spacial score (nSPS) is 11.3. The summed E-state index contributed by atoms with van der Waals surface area (Å²) in [5, 5.41) is 3.51. The second-order valence-electron chi connectivity index (χ2n) is 5.96. The Bertz CT molecular complexity index is 534. The molecule has 112 valence electrons. The largest absolute Gasteiger partial charge is 0.310 e. The van der Waals surface area contributed by atoms with E-state index in [0.29, 0.717) is 6.04 Å². The molecular weight excluding hydrogens is 256 g/mol. The summed E-state index contributed by atoms with van der Waals surface area (Å²) in [5.41, 5.74) is 4.16. The first-order valence-corrected chi connectivity index (χ1v) is 7.68. The molecule has 0 fully saturated rings. The number of hydrogen-bond acceptors (Lipinski definition) is 2. The lowest BCUT2D eigenvalue weighted by molar-refractivity contribution is 0.317. The molecule has 0 saturated carbocycles. The monoisotopic (exact) mass is 282 g/mol. The van der Waals surface area contributed by atoms with Gasteiger partial charge in [-0.3, -0.25) is 4.90 Å². The number of nitrogens with one attached hydrogen (secondary N) is 1. The molecule has 0 unspecified atom stereocenters. The lowest BCUT2D eigenvalue weighted by Gasteiger charge is -2.19. The number of hydrogen-bond donors (Lipinski definition) is 1. The van der Waals surface area contributed by atoms with E-state index in [1.807, 2.05) is 0 Å². The van der Waals surface area contributed by atoms with Crippen molar-refractivity contribution in [2.24, 2.45) is 0 Å². The fourth-order valence-corrected chi connectivity index (χ4v) is 2.44. The maximum atomic E-state index is 3.51. The highest BCUT2D eigenvalue weighted by atomic mass is 15.1. The van der Waals surface area contributed by atoms with Crippen molar-refractivity contribution in [2.45, 2.75) is 39.5 Å². The van der Waals surface area contributed by atoms with Gasteiger partial charge in [0.1, 0.15) is 0 Å². The zero-order valence-corrected chi connectivity index (χ0v) is 13.3. The van der Waals surface area contributed by atoms with Crippen molar-refractivity contribution in [2.75, 3.05) is 7.05 Å². The summed E-state index contributed by atoms with van der Waals surface area (Å²) in [7, 11) is 2.18. The Morgan fingerprint density at radius 2 is 1.48 bits per heavy atom. The maximum Gasteiger partial charge on any atom is 0.0237 e. The topological polar surface area (TPSA) is 15.3 Å². The van der Waals surface area contributed by atoms with Crippen molar-refractivity contribution in [1.82, 2.24) is 10.2 Å². The highest BCUT2D eigenvalue weighted by molar-refractivity contribution is 5.27. The van der Waals surface area contributed by atoms with E-state index in [1.54, 1.807) is 0 Å². The van der Waals surface area contributed by atoms with Crippen molar-refractivity contribution in [3.8, 4) is 0 Å². The van der Waals surface area contributed by atoms with Crippen LogP contribution in [0.5, 0.6) is 0 Å². The van der Waals surface area contributed by atoms with Crippen LogP contribution in [0.25, 0.3) is 0 Å². The van der Waals surface area contributed by atoms with Gasteiger partial charge >= 0.3 is 0 Å². The smallest absolute Gasteiger partial charge is 0.0237 e. The van der Waals surface area contributed by atoms with Crippen LogP contribution in [-0.2, 0) is 19.6 Å². The molecule has 0 atom stereocenters. The van der Waals surface area contributed by atoms with Gasteiger partial charge in [-0.2, -0.15) is 0 Å². The summed E-state index contributed by atoms with van der Waals surface area (Å²) in [6, 6.07) is 19.9. The minimum Gasteiger partial charge on any atom is -0.310 e. The predicted octanol–water partition coefficient (Wildman–Crippen LogP) is 3.82. The van der Waals surface area contributed by atoms with Crippen LogP contribution in [0.2, 0.25) is 0 Å². The average Bonchev–Trinajstić information content (AvgIpc) is 2.47. The molecule has 2 aromatic rings. The van der Waals surface area contributed by atoms with Crippen molar-refractivity contribution in [3.05, 3.63) is 71.3 Å². The van der Waals surface area contributed by atoms with E-state index in [9.17, 15) is 0 Å². The van der Waals surface area contributed by atoms with Crippen LogP contribution in [-0.4, -0.2) is 18.0 Å². The van der Waals surface area contributed by atoms with Gasteiger partial charge in [-0.15, -0.1) is 0 Å². The molecule has 0 bridgehead atoms. The van der Waals surface area contributed by atoms with E-state index in [2.05, 4.69) is 85.7 Å². The zero-order valence-electron chi connectivity index (χ0n) is 13.3. The van der Waals surface area contributed by atoms with Crippen LogP contribution in [0.4, 0.5) is 0 Å². The quantitative estimate of drug-likeness (QED) is 0.830. The Morgan fingerprint density at radius 1 is 0.857 bits per heavy atom. The Morgan fingerprint density at radius 3 is 2.14 bits per heavy atom. The summed E-state index contributed by atoms with van der Waals surface area (Å²) in [4.78, 5) is 2.36. The van der Waals surface area contributed by atoms with Crippen LogP contribution in [0.3, 0.4) is 0 Å². The first-order chi connectivity index (χ1) is 10.1. The molecule has 0 aliphatic carbocycles.